The smallest absolute Gasteiger partial charge is 0.316 e. The molecule has 2 aliphatic rings. The highest BCUT2D eigenvalue weighted by molar-refractivity contribution is 5.89. The fraction of sp³-hybridized carbons (Fsp3) is 0.625. The number of aromatic nitrogens is 2. The maximum Gasteiger partial charge on any atom is 0.316 e. The summed E-state index contributed by atoms with van der Waals surface area (Å²) in [6.07, 6.45) is 11.3. The van der Waals surface area contributed by atoms with Gasteiger partial charge >= 0.3 is 11.8 Å². The molecule has 0 saturated carbocycles. The van der Waals surface area contributed by atoms with Crippen molar-refractivity contribution >= 4 is 11.6 Å². The molecule has 0 radical (unpaired) electrons. The van der Waals surface area contributed by atoms with Crippen molar-refractivity contribution in [1.82, 2.24) is 20.4 Å². The monoisotopic (exact) mass is 425 g/mol. The van der Waals surface area contributed by atoms with E-state index in [1.54, 1.807) is 0 Å². The van der Waals surface area contributed by atoms with Crippen molar-refractivity contribution in [2.45, 2.75) is 57.8 Å². The Morgan fingerprint density at radius 2 is 1.55 bits per heavy atom. The first kappa shape index (κ1) is 21.8. The molecular formula is C24H35N5O2. The maximum atomic E-state index is 12.4. The summed E-state index contributed by atoms with van der Waals surface area (Å²) in [5.41, 5.74) is 2.10. The predicted molar refractivity (Wildman–Crippen MR) is 122 cm³/mol. The Morgan fingerprint density at radius 3 is 2.23 bits per heavy atom. The second-order valence-electron chi connectivity index (χ2n) is 8.74. The molecule has 7 nitrogen and oxygen atoms in total. The molecule has 2 aliphatic heterocycles. The van der Waals surface area contributed by atoms with E-state index < -0.39 is 0 Å². The summed E-state index contributed by atoms with van der Waals surface area (Å²) in [5, 5.41) is 6.92. The number of benzene rings is 1. The van der Waals surface area contributed by atoms with Crippen LogP contribution in [0.25, 0.3) is 11.4 Å². The summed E-state index contributed by atoms with van der Waals surface area (Å²) in [5.74, 6) is 0.189. The van der Waals surface area contributed by atoms with Crippen LogP contribution in [0.1, 0.15) is 68.5 Å². The van der Waals surface area contributed by atoms with E-state index in [-0.39, 0.29) is 11.8 Å². The molecule has 168 valence electrons. The minimum atomic E-state index is -0.296. The van der Waals surface area contributed by atoms with Crippen molar-refractivity contribution in [3.05, 3.63) is 30.2 Å². The lowest BCUT2D eigenvalue weighted by molar-refractivity contribution is 0.0908. The molecule has 3 heterocycles. The zero-order chi connectivity index (χ0) is 21.3. The molecule has 1 aromatic carbocycles. The van der Waals surface area contributed by atoms with Gasteiger partial charge in [0.2, 0.25) is 5.82 Å². The first-order valence-corrected chi connectivity index (χ1v) is 12.0. The largest absolute Gasteiger partial charge is 0.372 e. The van der Waals surface area contributed by atoms with E-state index in [0.717, 1.165) is 31.6 Å². The molecular weight excluding hydrogens is 390 g/mol. The molecule has 2 aromatic rings. The molecule has 1 aromatic heterocycles. The van der Waals surface area contributed by atoms with Crippen LogP contribution >= 0.6 is 0 Å². The molecule has 4 rings (SSSR count). The molecule has 1 amide bonds. The number of nitrogens with one attached hydrogen (secondary N) is 1. The Labute approximate surface area is 185 Å². The quantitative estimate of drug-likeness (QED) is 0.673. The number of hydrogen-bond donors (Lipinski definition) is 1. The highest BCUT2D eigenvalue weighted by Crippen LogP contribution is 2.23. The van der Waals surface area contributed by atoms with E-state index in [1.165, 1.54) is 70.1 Å². The third-order valence-corrected chi connectivity index (χ3v) is 6.35. The Bertz CT molecular complexity index is 804. The summed E-state index contributed by atoms with van der Waals surface area (Å²) < 4.78 is 5.21. The van der Waals surface area contributed by atoms with Crippen LogP contribution in [0.15, 0.2) is 28.8 Å². The summed E-state index contributed by atoms with van der Waals surface area (Å²) in [4.78, 5) is 21.6. The van der Waals surface area contributed by atoms with Gasteiger partial charge in [0, 0.05) is 30.9 Å². The molecule has 0 bridgehead atoms. The van der Waals surface area contributed by atoms with Gasteiger partial charge in [-0.1, -0.05) is 30.8 Å². The predicted octanol–water partition coefficient (Wildman–Crippen LogP) is 4.11. The van der Waals surface area contributed by atoms with Crippen LogP contribution in [0.4, 0.5) is 5.69 Å². The van der Waals surface area contributed by atoms with Crippen LogP contribution in [0, 0.1) is 0 Å². The normalized spacial score (nSPS) is 18.4. The van der Waals surface area contributed by atoms with Crippen molar-refractivity contribution in [3.8, 4) is 11.4 Å². The summed E-state index contributed by atoms with van der Waals surface area (Å²) in [6.45, 7) is 6.23. The standard InChI is InChI=1S/C24H35N5O2/c30-23(25-14-9-17-28-15-5-1-2-6-16-28)24-26-22(27-31-24)20-10-12-21(13-11-20)29-18-7-3-4-8-19-29/h10-13H,1-9,14-19H2,(H,25,30). The fourth-order valence-electron chi connectivity index (χ4n) is 4.52. The topological polar surface area (TPSA) is 74.5 Å². The Balaban J connectivity index is 1.25. The molecule has 0 aliphatic carbocycles. The van der Waals surface area contributed by atoms with Gasteiger partial charge in [0.05, 0.1) is 0 Å². The van der Waals surface area contributed by atoms with Gasteiger partial charge in [-0.2, -0.15) is 4.98 Å². The third kappa shape index (κ3) is 6.29. The molecule has 1 N–H and O–H groups in total. The summed E-state index contributed by atoms with van der Waals surface area (Å²) in [6, 6.07) is 8.24. The highest BCUT2D eigenvalue weighted by Gasteiger charge is 2.17. The molecule has 31 heavy (non-hydrogen) atoms. The Morgan fingerprint density at radius 1 is 0.903 bits per heavy atom. The van der Waals surface area contributed by atoms with Gasteiger partial charge in [0.15, 0.2) is 0 Å². The van der Waals surface area contributed by atoms with E-state index in [0.29, 0.717) is 12.4 Å². The number of anilines is 1. The van der Waals surface area contributed by atoms with Gasteiger partial charge in [-0.15, -0.1) is 0 Å². The second kappa shape index (κ2) is 11.3. The average molecular weight is 426 g/mol. The minimum Gasteiger partial charge on any atom is -0.372 e. The van der Waals surface area contributed by atoms with Crippen molar-refractivity contribution in [1.29, 1.82) is 0 Å². The lowest BCUT2D eigenvalue weighted by Gasteiger charge is -2.22. The van der Waals surface area contributed by atoms with E-state index >= 15 is 0 Å². The van der Waals surface area contributed by atoms with Crippen LogP contribution < -0.4 is 10.2 Å². The number of carbonyl (C=O) groups excluding carboxylic acids is 1. The lowest BCUT2D eigenvalue weighted by Crippen LogP contribution is -2.30. The van der Waals surface area contributed by atoms with Crippen molar-refractivity contribution in [2.24, 2.45) is 0 Å². The van der Waals surface area contributed by atoms with E-state index in [4.69, 9.17) is 4.52 Å². The van der Waals surface area contributed by atoms with Crippen LogP contribution in [0.3, 0.4) is 0 Å². The van der Waals surface area contributed by atoms with Crippen molar-refractivity contribution in [3.63, 3.8) is 0 Å². The number of nitrogens with zero attached hydrogens (tertiary/aromatic N) is 4. The van der Waals surface area contributed by atoms with Crippen molar-refractivity contribution < 1.29 is 9.32 Å². The van der Waals surface area contributed by atoms with E-state index in [9.17, 15) is 4.79 Å². The van der Waals surface area contributed by atoms with E-state index in [2.05, 4.69) is 37.4 Å². The van der Waals surface area contributed by atoms with Gasteiger partial charge in [0.1, 0.15) is 0 Å². The number of likely N-dealkylation sites (tertiary alicyclic amines) is 1. The van der Waals surface area contributed by atoms with Gasteiger partial charge in [-0.05, 0) is 76.0 Å². The van der Waals surface area contributed by atoms with Crippen molar-refractivity contribution in [2.75, 3.05) is 44.2 Å². The van der Waals surface area contributed by atoms with E-state index in [1.807, 2.05) is 12.1 Å². The van der Waals surface area contributed by atoms with Crippen LogP contribution in [0.5, 0.6) is 0 Å². The zero-order valence-electron chi connectivity index (χ0n) is 18.5. The number of hydrogen-bond acceptors (Lipinski definition) is 6. The average Bonchev–Trinajstić information content (AvgIpc) is 2.98. The first-order chi connectivity index (χ1) is 15.3. The fourth-order valence-corrected chi connectivity index (χ4v) is 4.52. The van der Waals surface area contributed by atoms with Gasteiger partial charge in [0.25, 0.3) is 0 Å². The molecule has 2 fully saturated rings. The summed E-state index contributed by atoms with van der Waals surface area (Å²) in [7, 11) is 0. The molecule has 0 spiro atoms. The minimum absolute atomic E-state index is 0.0290. The van der Waals surface area contributed by atoms with Crippen LogP contribution in [0.2, 0.25) is 0 Å². The number of carbonyl (C=O) groups is 1. The third-order valence-electron chi connectivity index (χ3n) is 6.35. The zero-order valence-corrected chi connectivity index (χ0v) is 18.5. The van der Waals surface area contributed by atoms with Crippen LogP contribution in [-0.2, 0) is 0 Å². The first-order valence-electron chi connectivity index (χ1n) is 12.0. The number of amides is 1. The van der Waals surface area contributed by atoms with Gasteiger partial charge in [-0.25, -0.2) is 0 Å². The maximum absolute atomic E-state index is 12.4. The van der Waals surface area contributed by atoms with Gasteiger partial charge in [-0.3, -0.25) is 4.79 Å². The number of rotatable bonds is 7. The highest BCUT2D eigenvalue weighted by atomic mass is 16.5. The second-order valence-corrected chi connectivity index (χ2v) is 8.74. The molecule has 0 atom stereocenters. The summed E-state index contributed by atoms with van der Waals surface area (Å²) >= 11 is 0. The Hall–Kier alpha value is -2.41. The van der Waals surface area contributed by atoms with Gasteiger partial charge < -0.3 is 19.6 Å². The SMILES string of the molecule is O=C(NCCCN1CCCCCC1)c1nc(-c2ccc(N3CCCCCC3)cc2)no1. The molecule has 0 unspecified atom stereocenters. The molecule has 7 heteroatoms. The van der Waals surface area contributed by atoms with Crippen LogP contribution in [-0.4, -0.2) is 60.2 Å². The Kier molecular flexibility index (Phi) is 7.93. The lowest BCUT2D eigenvalue weighted by atomic mass is 10.2. The molecule has 2 saturated heterocycles.